The number of thiazole rings is 1. The molecule has 0 saturated carbocycles. The number of nitro benzene ring substituents is 1. The van der Waals surface area contributed by atoms with Crippen molar-refractivity contribution >= 4 is 23.0 Å². The van der Waals surface area contributed by atoms with Crippen molar-refractivity contribution in [3.8, 4) is 10.6 Å². The number of carbonyl (C=O) groups is 1. The summed E-state index contributed by atoms with van der Waals surface area (Å²) in [6.07, 6.45) is 0. The van der Waals surface area contributed by atoms with Crippen LogP contribution >= 0.6 is 11.3 Å². The molecule has 0 aliphatic heterocycles. The monoisotopic (exact) mass is 292 g/mol. The summed E-state index contributed by atoms with van der Waals surface area (Å²) in [5.41, 5.74) is 0.586. The molecule has 0 spiro atoms. The Labute approximate surface area is 119 Å². The Morgan fingerprint density at radius 1 is 1.45 bits per heavy atom. The third-order valence-electron chi connectivity index (χ3n) is 2.60. The molecule has 0 saturated heterocycles. The second-order valence-electron chi connectivity index (χ2n) is 3.92. The lowest BCUT2D eigenvalue weighted by molar-refractivity contribution is -0.384. The van der Waals surface area contributed by atoms with Gasteiger partial charge in [0.1, 0.15) is 5.01 Å². The molecule has 20 heavy (non-hydrogen) atoms. The first kappa shape index (κ1) is 14.1. The fraction of sp³-hybridized carbons (Fsp3) is 0.231. The Balaban J connectivity index is 2.48. The van der Waals surface area contributed by atoms with Gasteiger partial charge in [0.05, 0.1) is 17.1 Å². The highest BCUT2D eigenvalue weighted by molar-refractivity contribution is 7.15. The Morgan fingerprint density at radius 2 is 2.15 bits per heavy atom. The maximum atomic E-state index is 11.7. The van der Waals surface area contributed by atoms with Crippen molar-refractivity contribution < 1.29 is 14.5 Å². The van der Waals surface area contributed by atoms with E-state index >= 15 is 0 Å². The normalized spacial score (nSPS) is 10.3. The first-order valence-corrected chi connectivity index (χ1v) is 6.74. The molecule has 7 heteroatoms. The Kier molecular flexibility index (Phi) is 4.09. The maximum absolute atomic E-state index is 11.7. The third kappa shape index (κ3) is 2.67. The molecular weight excluding hydrogens is 280 g/mol. The maximum Gasteiger partial charge on any atom is 0.358 e. The van der Waals surface area contributed by atoms with E-state index in [1.807, 2.05) is 0 Å². The third-order valence-corrected chi connectivity index (χ3v) is 3.60. The molecule has 6 nitrogen and oxygen atoms in total. The number of benzene rings is 1. The smallest absolute Gasteiger partial charge is 0.358 e. The first-order chi connectivity index (χ1) is 9.54. The van der Waals surface area contributed by atoms with Crippen LogP contribution in [0.5, 0.6) is 0 Å². The molecule has 0 aliphatic rings. The van der Waals surface area contributed by atoms with Gasteiger partial charge in [0, 0.05) is 10.9 Å². The quantitative estimate of drug-likeness (QED) is 0.491. The first-order valence-electron chi connectivity index (χ1n) is 5.93. The van der Waals surface area contributed by atoms with Crippen LogP contribution < -0.4 is 0 Å². The minimum atomic E-state index is -0.508. The van der Waals surface area contributed by atoms with Crippen LogP contribution in [0.15, 0.2) is 24.3 Å². The van der Waals surface area contributed by atoms with E-state index in [0.717, 1.165) is 0 Å². The van der Waals surface area contributed by atoms with Gasteiger partial charge in [0.2, 0.25) is 0 Å². The van der Waals surface area contributed by atoms with Crippen molar-refractivity contribution in [1.82, 2.24) is 4.98 Å². The van der Waals surface area contributed by atoms with Gasteiger partial charge in [0.15, 0.2) is 5.69 Å². The fourth-order valence-electron chi connectivity index (χ4n) is 1.71. The minimum absolute atomic E-state index is 0.0309. The molecule has 0 aliphatic carbocycles. The van der Waals surface area contributed by atoms with Crippen molar-refractivity contribution in [2.45, 2.75) is 13.8 Å². The van der Waals surface area contributed by atoms with Gasteiger partial charge in [-0.2, -0.15) is 0 Å². The van der Waals surface area contributed by atoms with Gasteiger partial charge in [-0.25, -0.2) is 9.78 Å². The van der Waals surface area contributed by atoms with Crippen molar-refractivity contribution in [2.24, 2.45) is 0 Å². The van der Waals surface area contributed by atoms with Gasteiger partial charge in [-0.05, 0) is 19.9 Å². The Hall–Kier alpha value is -2.28. The molecule has 0 fully saturated rings. The molecule has 0 radical (unpaired) electrons. The number of nitro groups is 1. The van der Waals surface area contributed by atoms with Gasteiger partial charge >= 0.3 is 5.97 Å². The van der Waals surface area contributed by atoms with Gasteiger partial charge in [-0.15, -0.1) is 11.3 Å². The summed E-state index contributed by atoms with van der Waals surface area (Å²) in [7, 11) is 0. The highest BCUT2D eigenvalue weighted by Gasteiger charge is 2.21. The van der Waals surface area contributed by atoms with Crippen LogP contribution in [0, 0.1) is 17.0 Å². The average molecular weight is 292 g/mol. The molecule has 104 valence electrons. The van der Waals surface area contributed by atoms with E-state index in [0.29, 0.717) is 15.4 Å². The Morgan fingerprint density at radius 3 is 2.80 bits per heavy atom. The second kappa shape index (κ2) is 5.79. The molecule has 1 aromatic heterocycles. The zero-order valence-electron chi connectivity index (χ0n) is 11.0. The number of nitrogens with zero attached hydrogens (tertiary/aromatic N) is 2. The number of esters is 1. The Bertz CT molecular complexity index is 666. The molecule has 1 heterocycles. The molecule has 0 atom stereocenters. The van der Waals surface area contributed by atoms with Crippen molar-refractivity contribution in [2.75, 3.05) is 6.61 Å². The van der Waals surface area contributed by atoms with E-state index in [4.69, 9.17) is 4.74 Å². The number of carbonyl (C=O) groups excluding carboxylic acids is 1. The predicted molar refractivity (Wildman–Crippen MR) is 74.9 cm³/mol. The summed E-state index contributed by atoms with van der Waals surface area (Å²) in [6, 6.07) is 6.32. The van der Waals surface area contributed by atoms with E-state index < -0.39 is 10.9 Å². The van der Waals surface area contributed by atoms with Crippen LogP contribution in [-0.2, 0) is 4.74 Å². The zero-order valence-corrected chi connectivity index (χ0v) is 11.8. The molecule has 0 bridgehead atoms. The van der Waals surface area contributed by atoms with Crippen LogP contribution in [0.1, 0.15) is 22.3 Å². The molecule has 0 N–H and O–H groups in total. The lowest BCUT2D eigenvalue weighted by atomic mass is 10.2. The molecular formula is C13H12N2O4S. The summed E-state index contributed by atoms with van der Waals surface area (Å²) in [6.45, 7) is 3.71. The van der Waals surface area contributed by atoms with Gasteiger partial charge < -0.3 is 4.74 Å². The lowest BCUT2D eigenvalue weighted by Gasteiger charge is -1.99. The molecule has 0 amide bonds. The van der Waals surface area contributed by atoms with Crippen LogP contribution in [0.25, 0.3) is 10.6 Å². The number of aromatic nitrogens is 1. The van der Waals surface area contributed by atoms with E-state index in [2.05, 4.69) is 4.98 Å². The van der Waals surface area contributed by atoms with Crippen molar-refractivity contribution in [1.29, 1.82) is 0 Å². The summed E-state index contributed by atoms with van der Waals surface area (Å²) in [5, 5.41) is 11.5. The zero-order chi connectivity index (χ0) is 14.7. The van der Waals surface area contributed by atoms with Gasteiger partial charge in [-0.1, -0.05) is 12.1 Å². The predicted octanol–water partition coefficient (Wildman–Crippen LogP) is 3.20. The lowest BCUT2D eigenvalue weighted by Crippen LogP contribution is -2.06. The van der Waals surface area contributed by atoms with Crippen molar-refractivity contribution in [3.63, 3.8) is 0 Å². The van der Waals surface area contributed by atoms with E-state index in [9.17, 15) is 14.9 Å². The second-order valence-corrected chi connectivity index (χ2v) is 5.12. The SMILES string of the molecule is CCOC(=O)c1nc(-c2ccccc2[N+](=O)[O-])sc1C. The molecule has 2 rings (SSSR count). The van der Waals surface area contributed by atoms with E-state index in [1.165, 1.54) is 17.4 Å². The molecule has 1 aromatic carbocycles. The standard InChI is InChI=1S/C13H12N2O4S/c1-3-19-13(16)11-8(2)20-12(14-11)9-6-4-5-7-10(9)15(17)18/h4-7H,3H2,1-2H3. The van der Waals surface area contributed by atoms with Crippen LogP contribution in [0.3, 0.4) is 0 Å². The van der Waals surface area contributed by atoms with Gasteiger partial charge in [0.25, 0.3) is 5.69 Å². The van der Waals surface area contributed by atoms with Crippen molar-refractivity contribution in [3.05, 3.63) is 45.0 Å². The number of rotatable bonds is 4. The summed E-state index contributed by atoms with van der Waals surface area (Å²) in [5.74, 6) is -0.508. The number of hydrogen-bond acceptors (Lipinski definition) is 6. The number of aryl methyl sites for hydroxylation is 1. The summed E-state index contributed by atoms with van der Waals surface area (Å²) < 4.78 is 4.91. The number of hydrogen-bond donors (Lipinski definition) is 0. The molecule has 0 unspecified atom stereocenters. The van der Waals surface area contributed by atoms with Crippen LogP contribution in [-0.4, -0.2) is 22.5 Å². The largest absolute Gasteiger partial charge is 0.461 e. The van der Waals surface area contributed by atoms with Crippen LogP contribution in [0.2, 0.25) is 0 Å². The number of para-hydroxylation sites is 1. The fourth-order valence-corrected chi connectivity index (χ4v) is 2.65. The number of ether oxygens (including phenoxy) is 1. The highest BCUT2D eigenvalue weighted by Crippen LogP contribution is 2.34. The summed E-state index contributed by atoms with van der Waals surface area (Å²) >= 11 is 1.24. The topological polar surface area (TPSA) is 82.3 Å². The highest BCUT2D eigenvalue weighted by atomic mass is 32.1. The van der Waals surface area contributed by atoms with Crippen LogP contribution in [0.4, 0.5) is 5.69 Å². The van der Waals surface area contributed by atoms with Gasteiger partial charge in [-0.3, -0.25) is 10.1 Å². The minimum Gasteiger partial charge on any atom is -0.461 e. The average Bonchev–Trinajstić information content (AvgIpc) is 2.81. The summed E-state index contributed by atoms with van der Waals surface area (Å²) in [4.78, 5) is 27.1. The van der Waals surface area contributed by atoms with E-state index in [-0.39, 0.29) is 18.0 Å². The van der Waals surface area contributed by atoms with E-state index in [1.54, 1.807) is 32.0 Å². The molecule has 2 aromatic rings.